The second-order valence-electron chi connectivity index (χ2n) is 4.83. The Morgan fingerprint density at radius 2 is 2.22 bits per heavy atom. The van der Waals surface area contributed by atoms with Crippen LogP contribution < -0.4 is 15.0 Å². The van der Waals surface area contributed by atoms with E-state index < -0.39 is 4.92 Å². The van der Waals surface area contributed by atoms with Crippen LogP contribution in [0.5, 0.6) is 5.75 Å². The molecule has 0 fully saturated rings. The minimum atomic E-state index is -0.570. The van der Waals surface area contributed by atoms with E-state index in [2.05, 4.69) is 10.3 Å². The molecule has 2 aromatic rings. The van der Waals surface area contributed by atoms with Crippen molar-refractivity contribution < 1.29 is 14.5 Å². The predicted octanol–water partition coefficient (Wildman–Crippen LogP) is 2.74. The summed E-state index contributed by atoms with van der Waals surface area (Å²) in [6.07, 6.45) is 1.12. The van der Waals surface area contributed by atoms with Crippen LogP contribution in [-0.2, 0) is 4.79 Å². The Morgan fingerprint density at radius 3 is 2.91 bits per heavy atom. The van der Waals surface area contributed by atoms with Gasteiger partial charge in [-0.3, -0.25) is 14.9 Å². The second kappa shape index (κ2) is 5.73. The lowest BCUT2D eigenvalue weighted by Crippen LogP contribution is -2.35. The molecule has 2 heterocycles. The van der Waals surface area contributed by atoms with Crippen LogP contribution in [0.2, 0.25) is 5.02 Å². The number of halogens is 1. The monoisotopic (exact) mass is 334 g/mol. The minimum Gasteiger partial charge on any atom is -0.482 e. The number of ether oxygens (including phenoxy) is 1. The number of pyridine rings is 1. The van der Waals surface area contributed by atoms with E-state index in [0.29, 0.717) is 17.1 Å². The molecule has 23 heavy (non-hydrogen) atoms. The minimum absolute atomic E-state index is 0.00596. The van der Waals surface area contributed by atoms with E-state index in [-0.39, 0.29) is 29.0 Å². The lowest BCUT2D eigenvalue weighted by Gasteiger charge is -2.26. The number of carbonyl (C=O) groups excluding carboxylic acids is 1. The van der Waals surface area contributed by atoms with Crippen LogP contribution in [-0.4, -0.2) is 29.5 Å². The largest absolute Gasteiger partial charge is 0.482 e. The fourth-order valence-electron chi connectivity index (χ4n) is 2.11. The van der Waals surface area contributed by atoms with E-state index in [1.807, 2.05) is 0 Å². The van der Waals surface area contributed by atoms with Gasteiger partial charge < -0.3 is 15.0 Å². The Hall–Kier alpha value is -2.87. The van der Waals surface area contributed by atoms with E-state index in [0.717, 1.165) is 6.20 Å². The van der Waals surface area contributed by atoms with Crippen LogP contribution in [0, 0.1) is 10.1 Å². The smallest absolute Gasteiger partial charge is 0.289 e. The van der Waals surface area contributed by atoms with E-state index in [9.17, 15) is 14.9 Å². The number of anilines is 3. The number of amides is 1. The summed E-state index contributed by atoms with van der Waals surface area (Å²) in [5.74, 6) is 0.726. The molecule has 118 valence electrons. The molecule has 0 unspecified atom stereocenters. The van der Waals surface area contributed by atoms with E-state index in [1.165, 1.54) is 11.0 Å². The number of benzene rings is 1. The van der Waals surface area contributed by atoms with Crippen molar-refractivity contribution in [3.63, 3.8) is 0 Å². The first-order valence-electron chi connectivity index (χ1n) is 6.56. The number of nitrogens with one attached hydrogen (secondary N) is 1. The quantitative estimate of drug-likeness (QED) is 0.684. The highest BCUT2D eigenvalue weighted by molar-refractivity contribution is 6.33. The molecule has 0 saturated carbocycles. The molecule has 9 heteroatoms. The van der Waals surface area contributed by atoms with Crippen LogP contribution in [0.15, 0.2) is 30.5 Å². The maximum atomic E-state index is 11.7. The Bertz CT molecular complexity index is 811. The highest BCUT2D eigenvalue weighted by atomic mass is 35.5. The van der Waals surface area contributed by atoms with Crippen molar-refractivity contribution in [2.24, 2.45) is 0 Å². The number of nitrogens with zero attached hydrogens (tertiary/aromatic N) is 3. The van der Waals surface area contributed by atoms with Gasteiger partial charge in [-0.05, 0) is 18.2 Å². The molecule has 3 rings (SSSR count). The van der Waals surface area contributed by atoms with E-state index in [4.69, 9.17) is 16.3 Å². The number of carbonyl (C=O) groups is 1. The molecule has 8 nitrogen and oxygen atoms in total. The van der Waals surface area contributed by atoms with Gasteiger partial charge in [0.1, 0.15) is 17.8 Å². The summed E-state index contributed by atoms with van der Waals surface area (Å²) in [6, 6.07) is 6.39. The summed E-state index contributed by atoms with van der Waals surface area (Å²) in [5.41, 5.74) is 1.05. The number of hydrogen-bond donors (Lipinski definition) is 1. The molecule has 1 N–H and O–H groups in total. The van der Waals surface area contributed by atoms with Gasteiger partial charge in [0.25, 0.3) is 11.6 Å². The third-order valence-electron chi connectivity index (χ3n) is 3.35. The summed E-state index contributed by atoms with van der Waals surface area (Å²) in [5, 5.41) is 13.8. The van der Waals surface area contributed by atoms with Crippen molar-refractivity contribution in [2.45, 2.75) is 0 Å². The first-order valence-corrected chi connectivity index (χ1v) is 6.94. The van der Waals surface area contributed by atoms with Crippen LogP contribution in [0.1, 0.15) is 0 Å². The van der Waals surface area contributed by atoms with Gasteiger partial charge in [0.2, 0.25) is 0 Å². The standard InChI is InChI=1S/C14H11ClN4O4/c1-18-11-4-8(2-3-12(11)23-7-13(18)20)17-14-10(15)5-9(6-16-14)19(21)22/h2-6H,7H2,1H3,(H,16,17). The molecule has 0 saturated heterocycles. The molecule has 0 atom stereocenters. The van der Waals surface area contributed by atoms with Gasteiger partial charge in [-0.25, -0.2) is 4.98 Å². The van der Waals surface area contributed by atoms with Gasteiger partial charge in [0.15, 0.2) is 6.61 Å². The number of fused-ring (bicyclic) bond motifs is 1. The lowest BCUT2D eigenvalue weighted by molar-refractivity contribution is -0.385. The summed E-state index contributed by atoms with van der Waals surface area (Å²) >= 11 is 6.00. The Labute approximate surface area is 135 Å². The zero-order valence-corrected chi connectivity index (χ0v) is 12.7. The lowest BCUT2D eigenvalue weighted by atomic mass is 10.2. The molecule has 1 amide bonds. The molecule has 1 aromatic carbocycles. The van der Waals surface area contributed by atoms with Crippen molar-refractivity contribution in [1.82, 2.24) is 4.98 Å². The highest BCUT2D eigenvalue weighted by Crippen LogP contribution is 2.35. The summed E-state index contributed by atoms with van der Waals surface area (Å²) in [4.78, 5) is 27.2. The van der Waals surface area contributed by atoms with Crippen LogP contribution >= 0.6 is 11.6 Å². The first-order chi connectivity index (χ1) is 11.0. The predicted molar refractivity (Wildman–Crippen MR) is 84.5 cm³/mol. The van der Waals surface area contributed by atoms with Gasteiger partial charge in [0.05, 0.1) is 15.6 Å². The second-order valence-corrected chi connectivity index (χ2v) is 5.24. The maximum absolute atomic E-state index is 11.7. The molecule has 0 bridgehead atoms. The average Bonchev–Trinajstić information content (AvgIpc) is 2.53. The average molecular weight is 335 g/mol. The molecule has 0 spiro atoms. The third kappa shape index (κ3) is 2.88. The van der Waals surface area contributed by atoms with Crippen molar-refractivity contribution in [3.05, 3.63) is 45.6 Å². The van der Waals surface area contributed by atoms with Crippen molar-refractivity contribution in [3.8, 4) is 5.75 Å². The SMILES string of the molecule is CN1C(=O)COc2ccc(Nc3ncc([N+](=O)[O-])cc3Cl)cc21. The number of aromatic nitrogens is 1. The van der Waals surface area contributed by atoms with Gasteiger partial charge >= 0.3 is 0 Å². The fraction of sp³-hybridized carbons (Fsp3) is 0.143. The van der Waals surface area contributed by atoms with E-state index in [1.54, 1.807) is 25.2 Å². The number of hydrogen-bond acceptors (Lipinski definition) is 6. The highest BCUT2D eigenvalue weighted by Gasteiger charge is 2.22. The van der Waals surface area contributed by atoms with Gasteiger partial charge in [-0.15, -0.1) is 0 Å². The third-order valence-corrected chi connectivity index (χ3v) is 3.63. The van der Waals surface area contributed by atoms with Gasteiger partial charge in [0, 0.05) is 18.8 Å². The van der Waals surface area contributed by atoms with Crippen LogP contribution in [0.25, 0.3) is 0 Å². The van der Waals surface area contributed by atoms with Gasteiger partial charge in [-0.2, -0.15) is 0 Å². The molecule has 1 aromatic heterocycles. The topological polar surface area (TPSA) is 97.6 Å². The molecular formula is C14H11ClN4O4. The van der Waals surface area contributed by atoms with Crippen LogP contribution in [0.3, 0.4) is 0 Å². The Morgan fingerprint density at radius 1 is 1.43 bits per heavy atom. The maximum Gasteiger partial charge on any atom is 0.289 e. The van der Waals surface area contributed by atoms with Gasteiger partial charge in [-0.1, -0.05) is 11.6 Å². The zero-order valence-electron chi connectivity index (χ0n) is 11.9. The number of nitro groups is 1. The summed E-state index contributed by atoms with van der Waals surface area (Å²) in [7, 11) is 1.66. The zero-order chi connectivity index (χ0) is 16.6. The number of likely N-dealkylation sites (N-methyl/N-ethyl adjacent to an activating group) is 1. The van der Waals surface area contributed by atoms with Crippen molar-refractivity contribution in [2.75, 3.05) is 23.9 Å². The molecule has 0 radical (unpaired) electrons. The Kier molecular flexibility index (Phi) is 3.75. The van der Waals surface area contributed by atoms with Crippen molar-refractivity contribution in [1.29, 1.82) is 0 Å². The summed E-state index contributed by atoms with van der Waals surface area (Å²) < 4.78 is 5.34. The normalized spacial score (nSPS) is 13.3. The molecular weight excluding hydrogens is 324 g/mol. The molecule has 0 aliphatic carbocycles. The number of rotatable bonds is 3. The first kappa shape index (κ1) is 15.0. The van der Waals surface area contributed by atoms with E-state index >= 15 is 0 Å². The van der Waals surface area contributed by atoms with Crippen LogP contribution in [0.4, 0.5) is 22.9 Å². The van der Waals surface area contributed by atoms with Crippen molar-refractivity contribution >= 4 is 40.4 Å². The molecule has 1 aliphatic heterocycles. The summed E-state index contributed by atoms with van der Waals surface area (Å²) in [6.45, 7) is 0.00596. The molecule has 1 aliphatic rings. The fourth-order valence-corrected chi connectivity index (χ4v) is 2.31. The Balaban J connectivity index is 1.89.